The van der Waals surface area contributed by atoms with E-state index in [-0.39, 0.29) is 23.9 Å². The molecule has 0 aliphatic carbocycles. The molecule has 40 heavy (non-hydrogen) atoms. The molecule has 1 aliphatic rings. The zero-order chi connectivity index (χ0) is 28.7. The summed E-state index contributed by atoms with van der Waals surface area (Å²) in [5.74, 6) is -0.0913. The standard InChI is InChI=1S/C33H37N5OS/c1-19(2)32(39)35-27-14-13-25(17-22(27)5)38-31(30(36-33(38)40)28-10-8-9-15-34-28)26-18-23(6)37(24(26)7)29-16-20(3)11-12-21(29)4/h8-19,30-31H,1-7H3,(H,35,39)(H,36,40)/t30-,31+/m0/s1. The van der Waals surface area contributed by atoms with Crippen molar-refractivity contribution in [3.05, 3.63) is 106 Å². The predicted molar refractivity (Wildman–Crippen MR) is 167 cm³/mol. The largest absolute Gasteiger partial charge is 0.351 e. The van der Waals surface area contributed by atoms with Crippen molar-refractivity contribution in [2.45, 2.75) is 60.5 Å². The van der Waals surface area contributed by atoms with Crippen LogP contribution in [0.15, 0.2) is 66.9 Å². The number of nitrogens with one attached hydrogen (secondary N) is 2. The Hall–Kier alpha value is -3.97. The summed E-state index contributed by atoms with van der Waals surface area (Å²) in [7, 11) is 0. The second-order valence-corrected chi connectivity index (χ2v) is 11.5. The van der Waals surface area contributed by atoms with E-state index in [0.29, 0.717) is 5.11 Å². The van der Waals surface area contributed by atoms with Gasteiger partial charge in [-0.2, -0.15) is 0 Å². The molecule has 0 spiro atoms. The molecule has 1 amide bonds. The van der Waals surface area contributed by atoms with Crippen LogP contribution in [0.5, 0.6) is 0 Å². The molecule has 206 valence electrons. The lowest BCUT2D eigenvalue weighted by molar-refractivity contribution is -0.118. The third-order valence-corrected chi connectivity index (χ3v) is 8.08. The van der Waals surface area contributed by atoms with E-state index in [1.165, 1.54) is 33.8 Å². The summed E-state index contributed by atoms with van der Waals surface area (Å²) in [5, 5.41) is 7.27. The highest BCUT2D eigenvalue weighted by atomic mass is 32.1. The molecule has 1 saturated heterocycles. The van der Waals surface area contributed by atoms with Crippen LogP contribution in [0.1, 0.15) is 65.3 Å². The van der Waals surface area contributed by atoms with E-state index < -0.39 is 0 Å². The predicted octanol–water partition coefficient (Wildman–Crippen LogP) is 7.19. The number of rotatable bonds is 6. The number of aromatic nitrogens is 2. The van der Waals surface area contributed by atoms with Crippen LogP contribution in [-0.2, 0) is 4.79 Å². The highest BCUT2D eigenvalue weighted by Crippen LogP contribution is 2.44. The fourth-order valence-corrected chi connectivity index (χ4v) is 5.93. The Kier molecular flexibility index (Phi) is 7.51. The minimum absolute atomic E-state index is 0.00110. The molecular formula is C33H37N5OS. The number of amides is 1. The second-order valence-electron chi connectivity index (χ2n) is 11.1. The first-order chi connectivity index (χ1) is 19.1. The summed E-state index contributed by atoms with van der Waals surface area (Å²) in [5.41, 5.74) is 10.9. The Morgan fingerprint density at radius 3 is 2.42 bits per heavy atom. The van der Waals surface area contributed by atoms with Gasteiger partial charge >= 0.3 is 0 Å². The summed E-state index contributed by atoms with van der Waals surface area (Å²) in [4.78, 5) is 19.3. The molecule has 2 aromatic heterocycles. The lowest BCUT2D eigenvalue weighted by atomic mass is 9.96. The van der Waals surface area contributed by atoms with Crippen molar-refractivity contribution in [2.24, 2.45) is 5.92 Å². The first-order valence-corrected chi connectivity index (χ1v) is 14.2. The van der Waals surface area contributed by atoms with Crippen LogP contribution in [-0.4, -0.2) is 20.6 Å². The number of pyridine rings is 1. The number of thiocarbonyl (C=S) groups is 1. The van der Waals surface area contributed by atoms with Crippen LogP contribution in [0, 0.1) is 40.5 Å². The minimum Gasteiger partial charge on any atom is -0.351 e. The van der Waals surface area contributed by atoms with E-state index in [1.54, 1.807) is 0 Å². The molecule has 1 aliphatic heterocycles. The van der Waals surface area contributed by atoms with E-state index in [1.807, 2.05) is 51.2 Å². The van der Waals surface area contributed by atoms with E-state index in [4.69, 9.17) is 17.2 Å². The SMILES string of the molecule is Cc1ccc(C)c(-n2c(C)cc([C@@H]3[C@H](c4ccccn4)NC(=S)N3c3ccc(NC(=O)C(C)C)c(C)c3)c2C)c1. The fraction of sp³-hybridized carbons (Fsp3) is 0.303. The maximum atomic E-state index is 12.4. The topological polar surface area (TPSA) is 62.2 Å². The smallest absolute Gasteiger partial charge is 0.226 e. The van der Waals surface area contributed by atoms with Gasteiger partial charge in [-0.25, -0.2) is 0 Å². The summed E-state index contributed by atoms with van der Waals surface area (Å²) >= 11 is 5.98. The molecule has 5 rings (SSSR count). The van der Waals surface area contributed by atoms with Gasteiger partial charge in [-0.1, -0.05) is 32.0 Å². The summed E-state index contributed by atoms with van der Waals surface area (Å²) in [6.07, 6.45) is 1.83. The van der Waals surface area contributed by atoms with Gasteiger partial charge < -0.3 is 20.1 Å². The molecule has 2 N–H and O–H groups in total. The number of hydrogen-bond acceptors (Lipinski definition) is 3. The van der Waals surface area contributed by atoms with Gasteiger partial charge in [0.2, 0.25) is 5.91 Å². The third-order valence-electron chi connectivity index (χ3n) is 7.76. The highest BCUT2D eigenvalue weighted by Gasteiger charge is 2.42. The summed E-state index contributed by atoms with van der Waals surface area (Å²) < 4.78 is 2.35. The summed E-state index contributed by atoms with van der Waals surface area (Å²) in [6.45, 7) is 14.4. The number of anilines is 2. The fourth-order valence-electron chi connectivity index (χ4n) is 5.58. The van der Waals surface area contributed by atoms with Crippen molar-refractivity contribution in [1.29, 1.82) is 0 Å². The van der Waals surface area contributed by atoms with E-state index >= 15 is 0 Å². The molecule has 4 aromatic rings. The van der Waals surface area contributed by atoms with Gasteiger partial charge in [0.15, 0.2) is 5.11 Å². The average Bonchev–Trinajstić information content (AvgIpc) is 3.41. The number of benzene rings is 2. The van der Waals surface area contributed by atoms with Crippen LogP contribution in [0.2, 0.25) is 0 Å². The average molecular weight is 552 g/mol. The molecule has 0 radical (unpaired) electrons. The molecule has 2 atom stereocenters. The molecule has 6 nitrogen and oxygen atoms in total. The quantitative estimate of drug-likeness (QED) is 0.249. The van der Waals surface area contributed by atoms with Gasteiger partial charge in [0.05, 0.1) is 17.8 Å². The van der Waals surface area contributed by atoms with Crippen molar-refractivity contribution in [3.8, 4) is 5.69 Å². The van der Waals surface area contributed by atoms with Crippen LogP contribution >= 0.6 is 12.2 Å². The lowest BCUT2D eigenvalue weighted by Gasteiger charge is -2.29. The van der Waals surface area contributed by atoms with Gasteiger partial charge in [-0.3, -0.25) is 9.78 Å². The van der Waals surface area contributed by atoms with E-state index in [9.17, 15) is 4.79 Å². The monoisotopic (exact) mass is 551 g/mol. The van der Waals surface area contributed by atoms with Gasteiger partial charge in [0.1, 0.15) is 0 Å². The second kappa shape index (κ2) is 10.9. The Morgan fingerprint density at radius 2 is 1.75 bits per heavy atom. The minimum atomic E-state index is -0.137. The Morgan fingerprint density at radius 1 is 0.975 bits per heavy atom. The third kappa shape index (κ3) is 5.02. The van der Waals surface area contributed by atoms with E-state index in [0.717, 1.165) is 22.6 Å². The van der Waals surface area contributed by atoms with Crippen LogP contribution < -0.4 is 15.5 Å². The highest BCUT2D eigenvalue weighted by molar-refractivity contribution is 7.80. The number of carbonyl (C=O) groups is 1. The molecule has 0 bridgehead atoms. The Balaban J connectivity index is 1.64. The molecule has 0 unspecified atom stereocenters. The van der Waals surface area contributed by atoms with E-state index in [2.05, 4.69) is 84.2 Å². The number of aryl methyl sites for hydroxylation is 4. The van der Waals surface area contributed by atoms with Crippen LogP contribution in [0.25, 0.3) is 5.69 Å². The van der Waals surface area contributed by atoms with Gasteiger partial charge in [0.25, 0.3) is 0 Å². The number of nitrogens with zero attached hydrogens (tertiary/aromatic N) is 3. The number of hydrogen-bond donors (Lipinski definition) is 2. The van der Waals surface area contributed by atoms with Crippen molar-refractivity contribution in [1.82, 2.24) is 14.9 Å². The van der Waals surface area contributed by atoms with Gasteiger partial charge in [0, 0.05) is 40.6 Å². The maximum absolute atomic E-state index is 12.4. The van der Waals surface area contributed by atoms with Crippen LogP contribution in [0.3, 0.4) is 0 Å². The zero-order valence-electron chi connectivity index (χ0n) is 24.2. The first-order valence-electron chi connectivity index (χ1n) is 13.8. The zero-order valence-corrected chi connectivity index (χ0v) is 25.1. The molecule has 2 aromatic carbocycles. The van der Waals surface area contributed by atoms with Crippen molar-refractivity contribution in [3.63, 3.8) is 0 Å². The molecule has 1 fully saturated rings. The first kappa shape index (κ1) is 27.6. The van der Waals surface area contributed by atoms with Crippen LogP contribution in [0.4, 0.5) is 11.4 Å². The summed E-state index contributed by atoms with van der Waals surface area (Å²) in [6, 6.07) is 20.7. The normalized spacial score (nSPS) is 16.9. The lowest BCUT2D eigenvalue weighted by Crippen LogP contribution is -2.29. The molecule has 0 saturated carbocycles. The van der Waals surface area contributed by atoms with Crippen molar-refractivity contribution < 1.29 is 4.79 Å². The Bertz CT molecular complexity index is 1590. The Labute approximate surface area is 242 Å². The molecule has 7 heteroatoms. The number of carbonyl (C=O) groups excluding carboxylic acids is 1. The van der Waals surface area contributed by atoms with Crippen molar-refractivity contribution >= 4 is 34.6 Å². The van der Waals surface area contributed by atoms with Gasteiger partial charge in [-0.15, -0.1) is 0 Å². The van der Waals surface area contributed by atoms with Crippen molar-refractivity contribution in [2.75, 3.05) is 10.2 Å². The molecule has 3 heterocycles. The molecular weight excluding hydrogens is 514 g/mol. The van der Waals surface area contributed by atoms with Gasteiger partial charge in [-0.05, 0) is 112 Å². The maximum Gasteiger partial charge on any atom is 0.226 e.